The summed E-state index contributed by atoms with van der Waals surface area (Å²) in [5.41, 5.74) is 15.6. The Morgan fingerprint density at radius 2 is 0.804 bits per heavy atom. The van der Waals surface area contributed by atoms with Crippen LogP contribution in [0.4, 0.5) is 39.8 Å². The van der Waals surface area contributed by atoms with Crippen LogP contribution >= 0.6 is 0 Å². The van der Waals surface area contributed by atoms with Crippen molar-refractivity contribution in [3.8, 4) is 6.07 Å². The average Bonchev–Trinajstić information content (AvgIpc) is 3.24. The minimum Gasteiger partial charge on any atom is -0.310 e. The maximum Gasteiger partial charge on any atom is 0.191 e. The predicted octanol–water partition coefficient (Wildman–Crippen LogP) is 13.5. The topological polar surface area (TPSA) is 34.6 Å². The fourth-order valence-corrected chi connectivity index (χ4v) is 9.18. The minimum atomic E-state index is -0.635. The summed E-state index contributed by atoms with van der Waals surface area (Å²) in [7, 11) is 0. The third-order valence-electron chi connectivity index (χ3n) is 12.1. The van der Waals surface area contributed by atoms with E-state index in [0.29, 0.717) is 11.3 Å². The molecular weight excluding hydrogens is 681 g/mol. The summed E-state index contributed by atoms with van der Waals surface area (Å²) in [6, 6.07) is 58.1. The van der Waals surface area contributed by atoms with Gasteiger partial charge in [-0.05, 0) is 80.9 Å². The van der Waals surface area contributed by atoms with Gasteiger partial charge in [0, 0.05) is 46.4 Å². The highest BCUT2D eigenvalue weighted by atomic mass is 15.2. The normalized spacial score (nSPS) is 13.1. The lowest BCUT2D eigenvalue weighted by Gasteiger charge is -2.39. The molecule has 0 spiro atoms. The molecule has 270 valence electrons. The quantitative estimate of drug-likeness (QED) is 0.160. The van der Waals surface area contributed by atoms with E-state index < -0.39 is 10.8 Å². The first-order chi connectivity index (χ1) is 27.2. The third kappa shape index (κ3) is 5.49. The smallest absolute Gasteiger partial charge is 0.191 e. The van der Waals surface area contributed by atoms with Crippen LogP contribution in [0.1, 0.15) is 77.8 Å². The molecule has 2 aliphatic heterocycles. The molecule has 0 saturated carbocycles. The molecule has 0 bridgehead atoms. The molecule has 0 N–H and O–H groups in total. The predicted molar refractivity (Wildman–Crippen MR) is 230 cm³/mol. The molecule has 7 aromatic rings. The average molecular weight is 723 g/mol. The first-order valence-electron chi connectivity index (χ1n) is 19.3. The zero-order valence-corrected chi connectivity index (χ0v) is 32.2. The van der Waals surface area contributed by atoms with Gasteiger partial charge in [-0.15, -0.1) is 0 Å². The molecule has 4 nitrogen and oxygen atoms in total. The summed E-state index contributed by atoms with van der Waals surface area (Å²) in [5, 5.41) is 11.0. The lowest BCUT2D eigenvalue weighted by molar-refractivity contribution is 0.627. The highest BCUT2D eigenvalue weighted by Crippen LogP contribution is 2.52. The van der Waals surface area contributed by atoms with Crippen molar-refractivity contribution in [3.63, 3.8) is 0 Å². The monoisotopic (exact) mass is 722 g/mol. The molecule has 9 rings (SSSR count). The second-order valence-corrected chi connectivity index (χ2v) is 16.0. The van der Waals surface area contributed by atoms with Gasteiger partial charge in [0.25, 0.3) is 0 Å². The van der Waals surface area contributed by atoms with Crippen LogP contribution in [-0.2, 0) is 23.7 Å². The van der Waals surface area contributed by atoms with Crippen LogP contribution in [-0.4, -0.2) is 0 Å². The van der Waals surface area contributed by atoms with Crippen molar-refractivity contribution in [2.45, 2.75) is 51.4 Å². The van der Waals surface area contributed by atoms with E-state index in [4.69, 9.17) is 6.57 Å². The zero-order chi connectivity index (χ0) is 38.6. The lowest BCUT2D eigenvalue weighted by Crippen LogP contribution is -2.28. The maximum atomic E-state index is 11.0. The molecule has 0 aromatic heterocycles. The number of hydrogen-bond donors (Lipinski definition) is 0. The number of nitrogens with zero attached hydrogens (tertiary/aromatic N) is 4. The molecule has 0 saturated heterocycles. The van der Waals surface area contributed by atoms with Gasteiger partial charge in [-0.25, -0.2) is 4.85 Å². The first-order valence-corrected chi connectivity index (χ1v) is 19.3. The van der Waals surface area contributed by atoms with Gasteiger partial charge >= 0.3 is 0 Å². The SMILES string of the molecule is [C-]#[N+]c1cc(C(C)(C)c2ccccc2N2c3ccccc3Cc3ccccc32)c(C#N)cc1C(C)(C)c1ccccc1N1c2ccccc2Cc2ccccc21. The number of para-hydroxylation sites is 6. The molecular formula is C52H42N4. The molecule has 0 atom stereocenters. The van der Waals surface area contributed by atoms with Gasteiger partial charge in [-0.1, -0.05) is 149 Å². The van der Waals surface area contributed by atoms with Gasteiger partial charge in [0.1, 0.15) is 0 Å². The number of nitriles is 1. The van der Waals surface area contributed by atoms with Crippen molar-refractivity contribution in [2.24, 2.45) is 0 Å². The van der Waals surface area contributed by atoms with E-state index >= 15 is 0 Å². The van der Waals surface area contributed by atoms with Crippen LogP contribution < -0.4 is 9.80 Å². The highest BCUT2D eigenvalue weighted by molar-refractivity contribution is 5.87. The van der Waals surface area contributed by atoms with E-state index in [9.17, 15) is 5.26 Å². The summed E-state index contributed by atoms with van der Waals surface area (Å²) >= 11 is 0. The van der Waals surface area contributed by atoms with Crippen molar-refractivity contribution in [2.75, 3.05) is 9.80 Å². The molecule has 0 fully saturated rings. The molecule has 4 heteroatoms. The summed E-state index contributed by atoms with van der Waals surface area (Å²) in [6.45, 7) is 17.3. The Morgan fingerprint density at radius 1 is 0.464 bits per heavy atom. The molecule has 0 radical (unpaired) electrons. The Morgan fingerprint density at radius 3 is 1.18 bits per heavy atom. The maximum absolute atomic E-state index is 11.0. The van der Waals surface area contributed by atoms with Gasteiger partial charge in [0.2, 0.25) is 0 Å². The van der Waals surface area contributed by atoms with Gasteiger partial charge in [0.05, 0.1) is 29.6 Å². The van der Waals surface area contributed by atoms with Crippen LogP contribution in [0, 0.1) is 17.9 Å². The largest absolute Gasteiger partial charge is 0.310 e. The summed E-state index contributed by atoms with van der Waals surface area (Å²) in [6.07, 6.45) is 1.75. The van der Waals surface area contributed by atoms with E-state index in [1.54, 1.807) is 0 Å². The Kier molecular flexibility index (Phi) is 8.37. The van der Waals surface area contributed by atoms with Gasteiger partial charge in [-0.2, -0.15) is 5.26 Å². The number of anilines is 6. The van der Waals surface area contributed by atoms with Crippen LogP contribution in [0.25, 0.3) is 4.85 Å². The van der Waals surface area contributed by atoms with Crippen molar-refractivity contribution in [3.05, 3.63) is 219 Å². The molecule has 0 amide bonds. The summed E-state index contributed by atoms with van der Waals surface area (Å²) in [4.78, 5) is 8.96. The van der Waals surface area contributed by atoms with Crippen molar-refractivity contribution in [1.82, 2.24) is 0 Å². The minimum absolute atomic E-state index is 0.553. The number of hydrogen-bond acceptors (Lipinski definition) is 3. The number of rotatable bonds is 6. The first kappa shape index (κ1) is 34.9. The van der Waals surface area contributed by atoms with Crippen LogP contribution in [0.2, 0.25) is 0 Å². The fraction of sp³-hybridized carbons (Fsp3) is 0.154. The van der Waals surface area contributed by atoms with Crippen molar-refractivity contribution >= 4 is 39.8 Å². The molecule has 56 heavy (non-hydrogen) atoms. The Bertz CT molecular complexity index is 2480. The second kappa shape index (κ2) is 13.5. The Hall–Kier alpha value is -6.88. The van der Waals surface area contributed by atoms with E-state index in [-0.39, 0.29) is 0 Å². The number of fused-ring (bicyclic) bond motifs is 4. The standard InChI is InChI=1S/C52H42N4/c1-51(2,40-22-10-16-28-49(40)55-45-24-12-6-18-35(45)30-36-19-7-13-25-46(36)55)42-33-44(54-5)43(32-39(42)34-53)52(3,4)41-23-11-17-29-50(41)56-47-26-14-8-20-37(47)31-38-21-9-15-27-48(38)56/h6-29,32-33H,30-31H2,1-4H3. The summed E-state index contributed by atoms with van der Waals surface area (Å²) < 4.78 is 0. The highest BCUT2D eigenvalue weighted by Gasteiger charge is 2.37. The fourth-order valence-electron chi connectivity index (χ4n) is 9.18. The van der Waals surface area contributed by atoms with Gasteiger partial charge in [-0.3, -0.25) is 0 Å². The molecule has 2 aliphatic rings. The van der Waals surface area contributed by atoms with Crippen LogP contribution in [0.5, 0.6) is 0 Å². The van der Waals surface area contributed by atoms with Gasteiger partial charge in [0.15, 0.2) is 5.69 Å². The number of benzene rings is 7. The van der Waals surface area contributed by atoms with Crippen LogP contribution in [0.3, 0.4) is 0 Å². The van der Waals surface area contributed by atoms with E-state index in [0.717, 1.165) is 69.2 Å². The van der Waals surface area contributed by atoms with Crippen molar-refractivity contribution in [1.29, 1.82) is 5.26 Å². The van der Waals surface area contributed by atoms with E-state index in [1.165, 1.54) is 22.3 Å². The lowest BCUT2D eigenvalue weighted by atomic mass is 9.71. The van der Waals surface area contributed by atoms with Crippen molar-refractivity contribution < 1.29 is 0 Å². The molecule has 7 aromatic carbocycles. The Balaban J connectivity index is 1.18. The van der Waals surface area contributed by atoms with Gasteiger partial charge < -0.3 is 9.80 Å². The van der Waals surface area contributed by atoms with Crippen LogP contribution in [0.15, 0.2) is 158 Å². The molecule has 0 aliphatic carbocycles. The summed E-state index contributed by atoms with van der Waals surface area (Å²) in [5.74, 6) is 0. The third-order valence-corrected chi connectivity index (χ3v) is 12.1. The second-order valence-electron chi connectivity index (χ2n) is 16.0. The van der Waals surface area contributed by atoms with E-state index in [1.807, 2.05) is 12.1 Å². The Labute approximate surface area is 330 Å². The zero-order valence-electron chi connectivity index (χ0n) is 32.2. The molecule has 2 heterocycles. The van der Waals surface area contributed by atoms with E-state index in [2.05, 4.69) is 194 Å². The molecule has 0 unspecified atom stereocenters.